The zero-order valence-corrected chi connectivity index (χ0v) is 16.1. The van der Waals surface area contributed by atoms with Crippen LogP contribution in [0, 0.1) is 0 Å². The molecule has 1 aromatic heterocycles. The van der Waals surface area contributed by atoms with Crippen molar-refractivity contribution in [1.29, 1.82) is 0 Å². The fourth-order valence-electron chi connectivity index (χ4n) is 3.14. The molecule has 30 heavy (non-hydrogen) atoms. The summed E-state index contributed by atoms with van der Waals surface area (Å²) in [4.78, 5) is 43.5. The first-order valence-electron chi connectivity index (χ1n) is 9.13. The van der Waals surface area contributed by atoms with Crippen LogP contribution in [0.1, 0.15) is 33.2 Å². The average Bonchev–Trinajstić information content (AvgIpc) is 2.73. The smallest absolute Gasteiger partial charge is 0.345 e. The van der Waals surface area contributed by atoms with Crippen LogP contribution in [0.5, 0.6) is 0 Å². The van der Waals surface area contributed by atoms with E-state index in [-0.39, 0.29) is 35.6 Å². The molecule has 0 saturated carbocycles. The number of fused-ring (bicyclic) bond motifs is 1. The summed E-state index contributed by atoms with van der Waals surface area (Å²) in [7, 11) is 0. The summed E-state index contributed by atoms with van der Waals surface area (Å²) in [6.45, 7) is -2.46. The second kappa shape index (κ2) is 9.36. The first kappa shape index (κ1) is 21.3. The molecule has 1 amide bonds. The molecule has 7 nitrogen and oxygen atoms in total. The summed E-state index contributed by atoms with van der Waals surface area (Å²) >= 11 is 0. The zero-order chi connectivity index (χ0) is 21.7. The number of alkyl halides is 2. The van der Waals surface area contributed by atoms with Crippen molar-refractivity contribution in [3.05, 3.63) is 76.9 Å². The fourth-order valence-corrected chi connectivity index (χ4v) is 3.14. The highest BCUT2D eigenvalue weighted by molar-refractivity contribution is 6.27. The van der Waals surface area contributed by atoms with Crippen molar-refractivity contribution < 1.29 is 27.9 Å². The van der Waals surface area contributed by atoms with Gasteiger partial charge in [-0.3, -0.25) is 19.4 Å². The lowest BCUT2D eigenvalue weighted by Crippen LogP contribution is -2.42. The van der Waals surface area contributed by atoms with Gasteiger partial charge in [-0.15, -0.1) is 0 Å². The number of carbonyl (C=O) groups is 3. The first-order chi connectivity index (χ1) is 14.4. The van der Waals surface area contributed by atoms with Crippen molar-refractivity contribution >= 4 is 17.5 Å². The van der Waals surface area contributed by atoms with Crippen molar-refractivity contribution in [3.8, 4) is 0 Å². The number of hydrogen-bond donors (Lipinski definition) is 1. The van der Waals surface area contributed by atoms with Gasteiger partial charge in [0, 0.05) is 43.5 Å². The normalized spacial score (nSPS) is 13.5. The number of hydrogen-bond acceptors (Lipinski definition) is 6. The van der Waals surface area contributed by atoms with Gasteiger partial charge in [-0.25, -0.2) is 0 Å². The maximum atomic E-state index is 13.2. The second-order valence-electron chi connectivity index (χ2n) is 6.44. The highest BCUT2D eigenvalue weighted by Crippen LogP contribution is 2.27. The summed E-state index contributed by atoms with van der Waals surface area (Å²) in [6.07, 6.45) is 3.19. The third-order valence-electron chi connectivity index (χ3n) is 4.50. The number of nitrogens with zero attached hydrogens (tertiary/aromatic N) is 2. The molecule has 3 rings (SSSR count). The van der Waals surface area contributed by atoms with Gasteiger partial charge in [0.05, 0.1) is 6.61 Å². The minimum absolute atomic E-state index is 0.0743. The van der Waals surface area contributed by atoms with E-state index in [9.17, 15) is 23.2 Å². The van der Waals surface area contributed by atoms with E-state index in [1.807, 2.05) is 0 Å². The van der Waals surface area contributed by atoms with Gasteiger partial charge in [-0.05, 0) is 11.6 Å². The molecule has 1 N–H and O–H groups in total. The Balaban J connectivity index is 2.01. The van der Waals surface area contributed by atoms with Gasteiger partial charge < -0.3 is 15.0 Å². The van der Waals surface area contributed by atoms with Crippen LogP contribution in [0.3, 0.4) is 0 Å². The quantitative estimate of drug-likeness (QED) is 0.713. The van der Waals surface area contributed by atoms with E-state index in [2.05, 4.69) is 15.0 Å². The lowest BCUT2D eigenvalue weighted by molar-refractivity contribution is -0.139. The van der Waals surface area contributed by atoms with Crippen LogP contribution in [0.4, 0.5) is 8.78 Å². The number of halogens is 2. The van der Waals surface area contributed by atoms with Crippen molar-refractivity contribution in [2.45, 2.75) is 20.1 Å². The Bertz CT molecular complexity index is 993. The van der Waals surface area contributed by atoms with Crippen molar-refractivity contribution in [2.24, 2.45) is 0 Å². The van der Waals surface area contributed by atoms with E-state index in [1.54, 1.807) is 36.7 Å². The van der Waals surface area contributed by atoms with E-state index in [0.29, 0.717) is 0 Å². The predicted molar refractivity (Wildman–Crippen MR) is 103 cm³/mol. The molecule has 0 spiro atoms. The van der Waals surface area contributed by atoms with Crippen molar-refractivity contribution in [3.63, 3.8) is 0 Å². The van der Waals surface area contributed by atoms with E-state index in [4.69, 9.17) is 0 Å². The molecule has 1 heterocycles. The Morgan fingerprint density at radius 1 is 1.13 bits per heavy atom. The van der Waals surface area contributed by atoms with Crippen LogP contribution in [0.25, 0.3) is 0 Å². The third kappa shape index (κ3) is 4.57. The summed E-state index contributed by atoms with van der Waals surface area (Å²) in [5.74, 6) is -1.60. The van der Waals surface area contributed by atoms with Crippen LogP contribution in [-0.4, -0.2) is 47.1 Å². The molecule has 0 atom stereocenters. The number of allylic oxidation sites excluding steroid dienone is 2. The molecule has 1 aliphatic carbocycles. The highest BCUT2D eigenvalue weighted by Gasteiger charge is 2.36. The number of nitrogens with one attached hydrogen (secondary N) is 1. The molecule has 2 aromatic rings. The standard InChI is InChI=1S/C21H19F2N3O4/c1-13(27)26(9-10-30-21(22)23)18-17(25-12-14-5-4-8-24-11-14)19(28)15-6-2-3-7-16(15)20(18)29/h2-8,11,21,25H,9-10,12H2,1H3. The SMILES string of the molecule is CC(=O)N(CCOC(F)F)C1=C(NCc2cccnc2)C(=O)c2ccccc2C1=O. The van der Waals surface area contributed by atoms with Gasteiger partial charge in [0.25, 0.3) is 0 Å². The van der Waals surface area contributed by atoms with Crippen LogP contribution < -0.4 is 5.32 Å². The number of carbonyl (C=O) groups excluding carboxylic acids is 3. The van der Waals surface area contributed by atoms with E-state index >= 15 is 0 Å². The number of aromatic nitrogens is 1. The maximum Gasteiger partial charge on any atom is 0.345 e. The second-order valence-corrected chi connectivity index (χ2v) is 6.44. The monoisotopic (exact) mass is 415 g/mol. The van der Waals surface area contributed by atoms with Gasteiger partial charge in [-0.1, -0.05) is 30.3 Å². The minimum atomic E-state index is -3.01. The number of ketones is 2. The Hall–Kier alpha value is -3.46. The van der Waals surface area contributed by atoms with Gasteiger partial charge in [0.15, 0.2) is 0 Å². The minimum Gasteiger partial charge on any atom is -0.376 e. The van der Waals surface area contributed by atoms with Crippen molar-refractivity contribution in [2.75, 3.05) is 13.2 Å². The van der Waals surface area contributed by atoms with Gasteiger partial charge >= 0.3 is 6.61 Å². The number of benzene rings is 1. The molecule has 0 radical (unpaired) electrons. The van der Waals surface area contributed by atoms with E-state index < -0.39 is 30.7 Å². The average molecular weight is 415 g/mol. The maximum absolute atomic E-state index is 13.2. The number of pyridine rings is 1. The Kier molecular flexibility index (Phi) is 6.63. The van der Waals surface area contributed by atoms with E-state index in [1.165, 1.54) is 19.1 Å². The van der Waals surface area contributed by atoms with Crippen LogP contribution in [-0.2, 0) is 16.1 Å². The van der Waals surface area contributed by atoms with Gasteiger partial charge in [0.1, 0.15) is 11.4 Å². The number of ether oxygens (including phenoxy) is 1. The van der Waals surface area contributed by atoms with Gasteiger partial charge in [-0.2, -0.15) is 8.78 Å². The zero-order valence-electron chi connectivity index (χ0n) is 16.1. The molecule has 0 bridgehead atoms. The molecule has 0 unspecified atom stereocenters. The van der Waals surface area contributed by atoms with Crippen LogP contribution >= 0.6 is 0 Å². The third-order valence-corrected chi connectivity index (χ3v) is 4.50. The van der Waals surface area contributed by atoms with Crippen LogP contribution in [0.2, 0.25) is 0 Å². The molecular weight excluding hydrogens is 396 g/mol. The van der Waals surface area contributed by atoms with Gasteiger partial charge in [0.2, 0.25) is 17.5 Å². The lowest BCUT2D eigenvalue weighted by Gasteiger charge is -2.29. The predicted octanol–water partition coefficient (Wildman–Crippen LogP) is 2.55. The molecular formula is C21H19F2N3O4. The topological polar surface area (TPSA) is 88.6 Å². The number of rotatable bonds is 8. The summed E-state index contributed by atoms with van der Waals surface area (Å²) < 4.78 is 29.0. The Morgan fingerprint density at radius 2 is 1.83 bits per heavy atom. The molecule has 1 aliphatic rings. The molecule has 0 aliphatic heterocycles. The summed E-state index contributed by atoms with van der Waals surface area (Å²) in [5, 5.41) is 2.93. The molecule has 1 aromatic carbocycles. The molecule has 0 saturated heterocycles. The fraction of sp³-hybridized carbons (Fsp3) is 0.238. The number of amides is 1. The Morgan fingerprint density at radius 3 is 2.43 bits per heavy atom. The number of Topliss-reactive ketones (excluding diaryl/α,β-unsaturated/α-hetero) is 2. The molecule has 9 heteroatoms. The largest absolute Gasteiger partial charge is 0.376 e. The van der Waals surface area contributed by atoms with E-state index in [0.717, 1.165) is 10.5 Å². The lowest BCUT2D eigenvalue weighted by atomic mass is 9.89. The Labute approximate surface area is 171 Å². The highest BCUT2D eigenvalue weighted by atomic mass is 19.3. The summed E-state index contributed by atoms with van der Waals surface area (Å²) in [5.41, 5.74) is 0.833. The van der Waals surface area contributed by atoms with Crippen molar-refractivity contribution in [1.82, 2.24) is 15.2 Å². The van der Waals surface area contributed by atoms with Crippen LogP contribution in [0.15, 0.2) is 60.2 Å². The first-order valence-corrected chi connectivity index (χ1v) is 9.13. The summed E-state index contributed by atoms with van der Waals surface area (Å²) in [6, 6.07) is 9.75. The molecule has 0 fully saturated rings. The molecule has 156 valence electrons.